The molecule has 1 aliphatic rings. The average Bonchev–Trinajstić information content (AvgIpc) is 2.86. The van der Waals surface area contributed by atoms with Crippen LogP contribution in [0.5, 0.6) is 0 Å². The van der Waals surface area contributed by atoms with Crippen LogP contribution in [0.15, 0.2) is 42.6 Å². The third-order valence-electron chi connectivity index (χ3n) is 3.28. The molecule has 1 amide bonds. The zero-order chi connectivity index (χ0) is 13.2. The molecule has 0 spiro atoms. The van der Waals surface area contributed by atoms with Gasteiger partial charge in [0.15, 0.2) is 0 Å². The van der Waals surface area contributed by atoms with Crippen LogP contribution in [0.25, 0.3) is 17.2 Å². The van der Waals surface area contributed by atoms with Gasteiger partial charge < -0.3 is 5.73 Å². The maximum absolute atomic E-state index is 10.9. The Morgan fingerprint density at radius 3 is 2.74 bits per heavy atom. The summed E-state index contributed by atoms with van der Waals surface area (Å²) >= 11 is 0. The Labute approximate surface area is 111 Å². The Hall–Kier alpha value is -2.42. The SMILES string of the molecule is NC(=O)Cc1ccc(-c2cnc3c(c2)CC=C3)cc1. The number of pyridine rings is 1. The highest BCUT2D eigenvalue weighted by Gasteiger charge is 2.08. The van der Waals surface area contributed by atoms with Crippen molar-refractivity contribution in [3.05, 3.63) is 59.4 Å². The lowest BCUT2D eigenvalue weighted by Crippen LogP contribution is -2.13. The number of amides is 1. The number of nitrogens with zero attached hydrogens (tertiary/aromatic N) is 1. The Morgan fingerprint density at radius 1 is 1.21 bits per heavy atom. The van der Waals surface area contributed by atoms with Crippen molar-refractivity contribution in [1.82, 2.24) is 4.98 Å². The Kier molecular flexibility index (Phi) is 2.88. The molecule has 0 saturated carbocycles. The van der Waals surface area contributed by atoms with E-state index in [-0.39, 0.29) is 12.3 Å². The lowest BCUT2D eigenvalue weighted by atomic mass is 10.0. The molecular formula is C16H14N2O. The smallest absolute Gasteiger partial charge is 0.221 e. The predicted molar refractivity (Wildman–Crippen MR) is 75.3 cm³/mol. The first-order chi connectivity index (χ1) is 9.22. The van der Waals surface area contributed by atoms with Crippen LogP contribution in [0.1, 0.15) is 16.8 Å². The second kappa shape index (κ2) is 4.69. The van der Waals surface area contributed by atoms with Crippen LogP contribution in [-0.2, 0) is 17.6 Å². The van der Waals surface area contributed by atoms with E-state index in [2.05, 4.69) is 23.2 Å². The molecule has 1 aromatic carbocycles. The average molecular weight is 250 g/mol. The molecule has 2 aromatic rings. The number of benzene rings is 1. The van der Waals surface area contributed by atoms with Gasteiger partial charge in [-0.25, -0.2) is 0 Å². The predicted octanol–water partition coefficient (Wildman–Crippen LogP) is 2.35. The van der Waals surface area contributed by atoms with Gasteiger partial charge in [-0.15, -0.1) is 0 Å². The van der Waals surface area contributed by atoms with Crippen LogP contribution in [0.4, 0.5) is 0 Å². The van der Waals surface area contributed by atoms with Gasteiger partial charge in [0, 0.05) is 11.8 Å². The van der Waals surface area contributed by atoms with Crippen LogP contribution in [-0.4, -0.2) is 10.9 Å². The molecule has 1 heterocycles. The number of primary amides is 1. The molecule has 0 bridgehead atoms. The van der Waals surface area contributed by atoms with Gasteiger partial charge in [0.1, 0.15) is 0 Å². The van der Waals surface area contributed by atoms with E-state index in [1.165, 1.54) is 5.56 Å². The summed E-state index contributed by atoms with van der Waals surface area (Å²) in [6.07, 6.45) is 7.30. The number of nitrogens with two attached hydrogens (primary N) is 1. The lowest BCUT2D eigenvalue weighted by Gasteiger charge is -2.05. The van der Waals surface area contributed by atoms with Crippen molar-refractivity contribution in [2.45, 2.75) is 12.8 Å². The number of aromatic nitrogens is 1. The molecule has 94 valence electrons. The summed E-state index contributed by atoms with van der Waals surface area (Å²) in [6.45, 7) is 0. The van der Waals surface area contributed by atoms with Gasteiger partial charge in [0.2, 0.25) is 5.91 Å². The van der Waals surface area contributed by atoms with E-state index in [0.717, 1.165) is 28.8 Å². The molecule has 0 aliphatic heterocycles. The first-order valence-electron chi connectivity index (χ1n) is 6.25. The van der Waals surface area contributed by atoms with Crippen molar-refractivity contribution >= 4 is 12.0 Å². The molecular weight excluding hydrogens is 236 g/mol. The summed E-state index contributed by atoms with van der Waals surface area (Å²) in [5.41, 5.74) is 10.7. The van der Waals surface area contributed by atoms with Crippen LogP contribution < -0.4 is 5.73 Å². The topological polar surface area (TPSA) is 56.0 Å². The maximum Gasteiger partial charge on any atom is 0.221 e. The van der Waals surface area contributed by atoms with Gasteiger partial charge >= 0.3 is 0 Å². The number of carbonyl (C=O) groups excluding carboxylic acids is 1. The monoisotopic (exact) mass is 250 g/mol. The van der Waals surface area contributed by atoms with Crippen molar-refractivity contribution in [2.75, 3.05) is 0 Å². The van der Waals surface area contributed by atoms with E-state index in [1.807, 2.05) is 30.5 Å². The number of fused-ring (bicyclic) bond motifs is 1. The fourth-order valence-corrected chi connectivity index (χ4v) is 2.31. The molecule has 1 aromatic heterocycles. The van der Waals surface area contributed by atoms with Gasteiger partial charge in [-0.1, -0.05) is 30.3 Å². The Balaban J connectivity index is 1.88. The number of carbonyl (C=O) groups is 1. The number of hydrogen-bond donors (Lipinski definition) is 1. The zero-order valence-corrected chi connectivity index (χ0v) is 10.5. The van der Waals surface area contributed by atoms with E-state index < -0.39 is 0 Å². The van der Waals surface area contributed by atoms with Crippen LogP contribution >= 0.6 is 0 Å². The molecule has 3 nitrogen and oxygen atoms in total. The summed E-state index contributed by atoms with van der Waals surface area (Å²) in [6, 6.07) is 10.1. The minimum absolute atomic E-state index is 0.284. The molecule has 0 fully saturated rings. The first kappa shape index (κ1) is 11.7. The van der Waals surface area contributed by atoms with Crippen molar-refractivity contribution in [2.24, 2.45) is 5.73 Å². The van der Waals surface area contributed by atoms with E-state index in [9.17, 15) is 4.79 Å². The highest BCUT2D eigenvalue weighted by molar-refractivity contribution is 5.77. The fourth-order valence-electron chi connectivity index (χ4n) is 2.31. The lowest BCUT2D eigenvalue weighted by molar-refractivity contribution is -0.117. The molecule has 1 aliphatic carbocycles. The van der Waals surface area contributed by atoms with Crippen molar-refractivity contribution in [1.29, 1.82) is 0 Å². The second-order valence-electron chi connectivity index (χ2n) is 4.71. The van der Waals surface area contributed by atoms with Gasteiger partial charge in [-0.2, -0.15) is 0 Å². The Bertz CT molecular complexity index is 657. The van der Waals surface area contributed by atoms with E-state index in [1.54, 1.807) is 0 Å². The van der Waals surface area contributed by atoms with Gasteiger partial charge in [-0.3, -0.25) is 9.78 Å². The first-order valence-corrected chi connectivity index (χ1v) is 6.25. The van der Waals surface area contributed by atoms with E-state index >= 15 is 0 Å². The van der Waals surface area contributed by atoms with Gasteiger partial charge in [-0.05, 0) is 35.3 Å². The van der Waals surface area contributed by atoms with Crippen molar-refractivity contribution in [3.63, 3.8) is 0 Å². The Morgan fingerprint density at radius 2 is 2.00 bits per heavy atom. The molecule has 19 heavy (non-hydrogen) atoms. The minimum atomic E-state index is -0.307. The van der Waals surface area contributed by atoms with Crippen molar-refractivity contribution in [3.8, 4) is 11.1 Å². The number of hydrogen-bond acceptors (Lipinski definition) is 2. The molecule has 0 unspecified atom stereocenters. The summed E-state index contributed by atoms with van der Waals surface area (Å²) in [5.74, 6) is -0.307. The van der Waals surface area contributed by atoms with Crippen LogP contribution in [0.2, 0.25) is 0 Å². The largest absolute Gasteiger partial charge is 0.369 e. The molecule has 3 heteroatoms. The van der Waals surface area contributed by atoms with Gasteiger partial charge in [0.05, 0.1) is 12.1 Å². The third-order valence-corrected chi connectivity index (χ3v) is 3.28. The molecule has 2 N–H and O–H groups in total. The summed E-state index contributed by atoms with van der Waals surface area (Å²) in [7, 11) is 0. The summed E-state index contributed by atoms with van der Waals surface area (Å²) in [5, 5.41) is 0. The maximum atomic E-state index is 10.9. The normalized spacial score (nSPS) is 12.4. The molecule has 0 atom stereocenters. The minimum Gasteiger partial charge on any atom is -0.369 e. The second-order valence-corrected chi connectivity index (χ2v) is 4.71. The van der Waals surface area contributed by atoms with Gasteiger partial charge in [0.25, 0.3) is 0 Å². The quantitative estimate of drug-likeness (QED) is 0.909. The summed E-state index contributed by atoms with van der Waals surface area (Å²) in [4.78, 5) is 15.3. The van der Waals surface area contributed by atoms with E-state index in [4.69, 9.17) is 5.73 Å². The zero-order valence-electron chi connectivity index (χ0n) is 10.5. The van der Waals surface area contributed by atoms with E-state index in [0.29, 0.717) is 0 Å². The number of allylic oxidation sites excluding steroid dienone is 1. The molecule has 0 saturated heterocycles. The van der Waals surface area contributed by atoms with Crippen LogP contribution in [0, 0.1) is 0 Å². The summed E-state index contributed by atoms with van der Waals surface area (Å²) < 4.78 is 0. The fraction of sp³-hybridized carbons (Fsp3) is 0.125. The molecule has 3 rings (SSSR count). The highest BCUT2D eigenvalue weighted by atomic mass is 16.1. The van der Waals surface area contributed by atoms with Crippen LogP contribution in [0.3, 0.4) is 0 Å². The standard InChI is InChI=1S/C16H14N2O/c17-16(19)8-11-4-6-12(7-5-11)14-9-13-2-1-3-15(13)18-10-14/h1,3-7,9-10H,2,8H2,(H2,17,19). The highest BCUT2D eigenvalue weighted by Crippen LogP contribution is 2.25. The number of rotatable bonds is 3. The van der Waals surface area contributed by atoms with Crippen molar-refractivity contribution < 1.29 is 4.79 Å². The molecule has 0 radical (unpaired) electrons. The third kappa shape index (κ3) is 2.40.